The highest BCUT2D eigenvalue weighted by atomic mass is 19.1. The van der Waals surface area contributed by atoms with Crippen LogP contribution in [0.25, 0.3) is 0 Å². The second kappa shape index (κ2) is 9.37. The summed E-state index contributed by atoms with van der Waals surface area (Å²) in [6, 6.07) is 10.8. The topological polar surface area (TPSA) is 37.6 Å². The van der Waals surface area contributed by atoms with Crippen LogP contribution in [0.1, 0.15) is 11.3 Å². The molecule has 1 aromatic carbocycles. The molecule has 130 valence electrons. The smallest absolute Gasteiger partial charge is 0.128 e. The van der Waals surface area contributed by atoms with Crippen molar-refractivity contribution in [3.05, 3.63) is 72.3 Å². The zero-order valence-corrected chi connectivity index (χ0v) is 14.1. The van der Waals surface area contributed by atoms with Crippen molar-refractivity contribution >= 4 is 0 Å². The number of benzene rings is 1. The molecule has 1 aromatic heterocycles. The average Bonchev–Trinajstić information content (AvgIpc) is 2.97. The van der Waals surface area contributed by atoms with Gasteiger partial charge in [-0.3, -0.25) is 4.90 Å². The summed E-state index contributed by atoms with van der Waals surface area (Å²) in [6.07, 6.45) is 3.20. The maximum Gasteiger partial charge on any atom is 0.128 e. The highest BCUT2D eigenvalue weighted by Gasteiger charge is 2.13. The molecule has 0 bridgehead atoms. The Hall–Kier alpha value is -1.95. The fourth-order valence-corrected chi connectivity index (χ4v) is 2.72. The molecular formula is C19H25FN2O2. The van der Waals surface area contributed by atoms with Crippen LogP contribution in [0.3, 0.4) is 0 Å². The number of aliphatic hydroxyl groups excluding tert-OH is 1. The van der Waals surface area contributed by atoms with Crippen molar-refractivity contribution in [2.75, 3.05) is 26.8 Å². The van der Waals surface area contributed by atoms with E-state index in [9.17, 15) is 9.50 Å². The number of halogens is 1. The molecular weight excluding hydrogens is 307 g/mol. The first-order valence-corrected chi connectivity index (χ1v) is 8.01. The Morgan fingerprint density at radius 2 is 2.12 bits per heavy atom. The van der Waals surface area contributed by atoms with Gasteiger partial charge in [0.15, 0.2) is 0 Å². The number of methoxy groups -OCH3 is 1. The van der Waals surface area contributed by atoms with Crippen LogP contribution in [-0.4, -0.2) is 47.5 Å². The lowest BCUT2D eigenvalue weighted by Crippen LogP contribution is -2.35. The van der Waals surface area contributed by atoms with E-state index in [2.05, 4.69) is 11.5 Å². The van der Waals surface area contributed by atoms with Gasteiger partial charge in [0.25, 0.3) is 0 Å². The van der Waals surface area contributed by atoms with Crippen molar-refractivity contribution in [1.82, 2.24) is 9.47 Å². The van der Waals surface area contributed by atoms with E-state index in [1.165, 1.54) is 6.07 Å². The summed E-state index contributed by atoms with van der Waals surface area (Å²) in [7, 11) is 1.57. The number of hydrogen-bond donors (Lipinski definition) is 1. The van der Waals surface area contributed by atoms with Crippen molar-refractivity contribution in [3.63, 3.8) is 0 Å². The molecule has 24 heavy (non-hydrogen) atoms. The lowest BCUT2D eigenvalue weighted by molar-refractivity contribution is 0.0381. The van der Waals surface area contributed by atoms with Crippen molar-refractivity contribution in [2.24, 2.45) is 0 Å². The number of nitrogens with zero attached hydrogens (tertiary/aromatic N) is 2. The number of hydrogen-bond acceptors (Lipinski definition) is 3. The van der Waals surface area contributed by atoms with Gasteiger partial charge in [-0.2, -0.15) is 0 Å². The second-order valence-corrected chi connectivity index (χ2v) is 5.81. The summed E-state index contributed by atoms with van der Waals surface area (Å²) < 4.78 is 20.9. The van der Waals surface area contributed by atoms with Crippen LogP contribution in [0.2, 0.25) is 0 Å². The molecule has 0 saturated heterocycles. The van der Waals surface area contributed by atoms with Gasteiger partial charge in [0.1, 0.15) is 5.82 Å². The minimum Gasteiger partial charge on any atom is -0.389 e. The molecule has 5 heteroatoms. The molecule has 1 atom stereocenters. The van der Waals surface area contributed by atoms with Gasteiger partial charge in [-0.05, 0) is 18.2 Å². The molecule has 0 saturated carbocycles. The molecule has 0 aliphatic heterocycles. The van der Waals surface area contributed by atoms with Gasteiger partial charge in [0.05, 0.1) is 19.3 Å². The van der Waals surface area contributed by atoms with Gasteiger partial charge in [-0.15, -0.1) is 6.58 Å². The minimum atomic E-state index is -0.551. The van der Waals surface area contributed by atoms with Crippen LogP contribution in [0.4, 0.5) is 4.39 Å². The SMILES string of the molecule is C=CCN(Cc1cccn1Cc1ccccc1F)C[C@@H](O)COC. The maximum absolute atomic E-state index is 13.9. The van der Waals surface area contributed by atoms with Gasteiger partial charge in [-0.25, -0.2) is 4.39 Å². The monoisotopic (exact) mass is 332 g/mol. The number of aliphatic hydroxyl groups is 1. The summed E-state index contributed by atoms with van der Waals surface area (Å²) >= 11 is 0. The predicted octanol–water partition coefficient (Wildman–Crippen LogP) is 2.67. The Morgan fingerprint density at radius 3 is 2.83 bits per heavy atom. The molecule has 0 amide bonds. The van der Waals surface area contributed by atoms with E-state index >= 15 is 0 Å². The fraction of sp³-hybridized carbons (Fsp3) is 0.368. The molecule has 0 fully saturated rings. The van der Waals surface area contributed by atoms with Crippen LogP contribution in [-0.2, 0) is 17.8 Å². The van der Waals surface area contributed by atoms with Crippen LogP contribution in [0.15, 0.2) is 55.3 Å². The standard InChI is InChI=1S/C19H25FN2O2/c1-3-10-21(14-18(23)15-24-2)13-17-8-6-11-22(17)12-16-7-4-5-9-19(16)20/h3-9,11,18,23H,1,10,12-15H2,2H3/t18-/m1/s1. The number of ether oxygens (including phenoxy) is 1. The Labute approximate surface area is 142 Å². The molecule has 1 N–H and O–H groups in total. The van der Waals surface area contributed by atoms with Crippen molar-refractivity contribution in [1.29, 1.82) is 0 Å². The van der Waals surface area contributed by atoms with Crippen molar-refractivity contribution in [3.8, 4) is 0 Å². The molecule has 4 nitrogen and oxygen atoms in total. The summed E-state index contributed by atoms with van der Waals surface area (Å²) in [6.45, 7) is 6.35. The van der Waals surface area contributed by atoms with Crippen LogP contribution in [0.5, 0.6) is 0 Å². The molecule has 0 unspecified atom stereocenters. The zero-order valence-electron chi connectivity index (χ0n) is 14.1. The summed E-state index contributed by atoms with van der Waals surface area (Å²) in [5.74, 6) is -0.199. The Bertz CT molecular complexity index is 642. The highest BCUT2D eigenvalue weighted by Crippen LogP contribution is 2.13. The van der Waals surface area contributed by atoms with Crippen molar-refractivity contribution in [2.45, 2.75) is 19.2 Å². The minimum absolute atomic E-state index is 0.199. The van der Waals surface area contributed by atoms with Gasteiger partial charge in [-0.1, -0.05) is 24.3 Å². The van der Waals surface area contributed by atoms with Crippen LogP contribution < -0.4 is 0 Å². The molecule has 0 aliphatic rings. The largest absolute Gasteiger partial charge is 0.389 e. The molecule has 0 aliphatic carbocycles. The van der Waals surface area contributed by atoms with Gasteiger partial charge < -0.3 is 14.4 Å². The highest BCUT2D eigenvalue weighted by molar-refractivity contribution is 5.19. The third-order valence-electron chi connectivity index (χ3n) is 3.82. The maximum atomic E-state index is 13.9. The first-order valence-electron chi connectivity index (χ1n) is 8.01. The van der Waals surface area contributed by atoms with Gasteiger partial charge in [0.2, 0.25) is 0 Å². The molecule has 0 radical (unpaired) electrons. The van der Waals surface area contributed by atoms with Crippen LogP contribution >= 0.6 is 0 Å². The molecule has 0 spiro atoms. The summed E-state index contributed by atoms with van der Waals surface area (Å²) in [4.78, 5) is 2.09. The summed E-state index contributed by atoms with van der Waals surface area (Å²) in [5.41, 5.74) is 1.72. The second-order valence-electron chi connectivity index (χ2n) is 5.81. The Morgan fingerprint density at radius 1 is 1.33 bits per heavy atom. The quantitative estimate of drug-likeness (QED) is 0.680. The van der Waals surface area contributed by atoms with E-state index in [-0.39, 0.29) is 5.82 Å². The van der Waals surface area contributed by atoms with E-state index in [0.29, 0.717) is 38.3 Å². The number of rotatable bonds is 10. The lowest BCUT2D eigenvalue weighted by atomic mass is 10.2. The van der Waals surface area contributed by atoms with Gasteiger partial charge in [0, 0.05) is 44.2 Å². The first-order chi connectivity index (χ1) is 11.6. The van der Waals surface area contributed by atoms with Crippen molar-refractivity contribution < 1.29 is 14.2 Å². The first kappa shape index (κ1) is 18.4. The third kappa shape index (κ3) is 5.30. The molecule has 1 heterocycles. The van der Waals surface area contributed by atoms with E-state index in [1.54, 1.807) is 19.2 Å². The van der Waals surface area contributed by atoms with E-state index in [4.69, 9.17) is 4.74 Å². The predicted molar refractivity (Wildman–Crippen MR) is 93.3 cm³/mol. The Kier molecular flexibility index (Phi) is 7.18. The zero-order chi connectivity index (χ0) is 17.4. The fourth-order valence-electron chi connectivity index (χ4n) is 2.72. The number of aromatic nitrogens is 1. The lowest BCUT2D eigenvalue weighted by Gasteiger charge is -2.24. The van der Waals surface area contributed by atoms with Gasteiger partial charge >= 0.3 is 0 Å². The van der Waals surface area contributed by atoms with Crippen LogP contribution in [0, 0.1) is 5.82 Å². The third-order valence-corrected chi connectivity index (χ3v) is 3.82. The van der Waals surface area contributed by atoms with E-state index in [1.807, 2.05) is 35.0 Å². The van der Waals surface area contributed by atoms with E-state index < -0.39 is 6.10 Å². The normalized spacial score (nSPS) is 12.5. The summed E-state index contributed by atoms with van der Waals surface area (Å²) in [5, 5.41) is 9.96. The van der Waals surface area contributed by atoms with E-state index in [0.717, 1.165) is 5.69 Å². The molecule has 2 aromatic rings. The Balaban J connectivity index is 2.07. The molecule has 2 rings (SSSR count). The average molecular weight is 332 g/mol.